The normalized spacial score (nSPS) is 21.9. The zero-order valence-electron chi connectivity index (χ0n) is 22.0. The minimum atomic E-state index is -1.27. The van der Waals surface area contributed by atoms with Gasteiger partial charge in [-0.1, -0.05) is 57.3 Å². The molecule has 3 aromatic carbocycles. The van der Waals surface area contributed by atoms with Crippen LogP contribution in [0.15, 0.2) is 65.1 Å². The first-order chi connectivity index (χ1) is 19.0. The van der Waals surface area contributed by atoms with E-state index in [4.69, 9.17) is 32.7 Å². The van der Waals surface area contributed by atoms with E-state index in [-0.39, 0.29) is 24.8 Å². The van der Waals surface area contributed by atoms with Gasteiger partial charge in [0.25, 0.3) is 0 Å². The topological polar surface area (TPSA) is 93.7 Å². The summed E-state index contributed by atoms with van der Waals surface area (Å²) in [5.74, 6) is -1.06. The summed E-state index contributed by atoms with van der Waals surface area (Å²) in [7, 11) is 1.33. The molecule has 5 rings (SSSR count). The van der Waals surface area contributed by atoms with E-state index in [0.717, 1.165) is 10.0 Å². The molecule has 0 unspecified atom stereocenters. The second-order valence-corrected chi connectivity index (χ2v) is 12.5. The summed E-state index contributed by atoms with van der Waals surface area (Å²) >= 11 is 16.3. The third kappa shape index (κ3) is 4.86. The van der Waals surface area contributed by atoms with E-state index in [9.17, 15) is 14.4 Å². The van der Waals surface area contributed by atoms with Crippen molar-refractivity contribution in [2.75, 3.05) is 19.0 Å². The molecule has 2 heterocycles. The minimum absolute atomic E-state index is 0.0120. The van der Waals surface area contributed by atoms with Crippen molar-refractivity contribution in [3.05, 3.63) is 91.9 Å². The van der Waals surface area contributed by atoms with Gasteiger partial charge in [0.05, 0.1) is 18.6 Å². The van der Waals surface area contributed by atoms with Crippen LogP contribution < -0.4 is 15.4 Å². The van der Waals surface area contributed by atoms with Crippen LogP contribution >= 0.6 is 39.1 Å². The molecule has 0 saturated carbocycles. The molecule has 0 bridgehead atoms. The standard InChI is InChI=1S/C30H27BrCl2N2O5/c1-29(2,28(38)39-3)15-40-24-10-7-17(31)12-20(24)26-30(21-9-8-19(33)13-23(21)34-27(30)37)22(14-25(36)35-26)16-5-4-6-18(32)11-16/h4-13,22,26H,14-15H2,1-3H3,(H,34,37)(H,35,36)/t22-,26+,30-/m1/s1. The van der Waals surface area contributed by atoms with Gasteiger partial charge in [0.1, 0.15) is 17.8 Å². The molecule has 2 amide bonds. The maximum absolute atomic E-state index is 14.3. The largest absolute Gasteiger partial charge is 0.492 e. The lowest BCUT2D eigenvalue weighted by Gasteiger charge is -2.46. The van der Waals surface area contributed by atoms with Crippen LogP contribution in [0.4, 0.5) is 5.69 Å². The van der Waals surface area contributed by atoms with Gasteiger partial charge in [0.2, 0.25) is 11.8 Å². The Labute approximate surface area is 250 Å². The van der Waals surface area contributed by atoms with Gasteiger partial charge in [-0.15, -0.1) is 0 Å². The van der Waals surface area contributed by atoms with Gasteiger partial charge in [-0.25, -0.2) is 0 Å². The first-order valence-electron chi connectivity index (χ1n) is 12.6. The number of hydrogen-bond donors (Lipinski definition) is 2. The number of methoxy groups -OCH3 is 1. The molecule has 2 aliphatic heterocycles. The summed E-state index contributed by atoms with van der Waals surface area (Å²) in [4.78, 5) is 40.0. The molecule has 208 valence electrons. The first kappa shape index (κ1) is 28.5. The molecule has 3 atom stereocenters. The van der Waals surface area contributed by atoms with Crippen molar-refractivity contribution in [2.45, 2.75) is 37.6 Å². The molecule has 7 nitrogen and oxygen atoms in total. The fraction of sp³-hybridized carbons (Fsp3) is 0.300. The predicted octanol–water partition coefficient (Wildman–Crippen LogP) is 6.57. The van der Waals surface area contributed by atoms with Crippen molar-refractivity contribution >= 4 is 62.6 Å². The van der Waals surface area contributed by atoms with Crippen LogP contribution in [0.2, 0.25) is 10.0 Å². The molecule has 0 aliphatic carbocycles. The van der Waals surface area contributed by atoms with Gasteiger partial charge in [0.15, 0.2) is 0 Å². The fourth-order valence-corrected chi connectivity index (χ4v) is 6.49. The molecular formula is C30H27BrCl2N2O5. The minimum Gasteiger partial charge on any atom is -0.492 e. The van der Waals surface area contributed by atoms with Crippen LogP contribution in [-0.2, 0) is 24.5 Å². The van der Waals surface area contributed by atoms with Crippen molar-refractivity contribution in [2.24, 2.45) is 5.41 Å². The van der Waals surface area contributed by atoms with Gasteiger partial charge in [-0.2, -0.15) is 0 Å². The van der Waals surface area contributed by atoms with Gasteiger partial charge < -0.3 is 20.1 Å². The van der Waals surface area contributed by atoms with Crippen LogP contribution in [0.1, 0.15) is 48.9 Å². The third-order valence-corrected chi connectivity index (χ3v) is 8.57. The summed E-state index contributed by atoms with van der Waals surface area (Å²) in [5, 5.41) is 7.10. The molecule has 1 fully saturated rings. The fourth-order valence-electron chi connectivity index (χ4n) is 5.74. The Morgan fingerprint density at radius 1 is 1.07 bits per heavy atom. The van der Waals surface area contributed by atoms with Gasteiger partial charge in [-0.3, -0.25) is 14.4 Å². The average molecular weight is 646 g/mol. The van der Waals surface area contributed by atoms with Crippen LogP contribution in [0.3, 0.4) is 0 Å². The van der Waals surface area contributed by atoms with E-state index in [1.165, 1.54) is 7.11 Å². The van der Waals surface area contributed by atoms with Gasteiger partial charge in [0, 0.05) is 38.1 Å². The number of benzene rings is 3. The molecular weight excluding hydrogens is 619 g/mol. The van der Waals surface area contributed by atoms with E-state index in [2.05, 4.69) is 26.6 Å². The molecule has 1 saturated heterocycles. The molecule has 0 radical (unpaired) electrons. The number of hydrogen-bond acceptors (Lipinski definition) is 5. The highest BCUT2D eigenvalue weighted by molar-refractivity contribution is 9.10. The van der Waals surface area contributed by atoms with E-state index in [1.807, 2.05) is 24.3 Å². The number of amides is 2. The molecule has 0 aromatic heterocycles. The van der Waals surface area contributed by atoms with Crippen molar-refractivity contribution in [3.63, 3.8) is 0 Å². The Morgan fingerprint density at radius 3 is 2.55 bits per heavy atom. The molecule has 2 N–H and O–H groups in total. The monoisotopic (exact) mass is 644 g/mol. The summed E-state index contributed by atoms with van der Waals surface area (Å²) in [6.45, 7) is 3.46. The number of carbonyl (C=O) groups excluding carboxylic acids is 3. The lowest BCUT2D eigenvalue weighted by atomic mass is 9.59. The Kier molecular flexibility index (Phi) is 7.63. The number of ether oxygens (including phenoxy) is 2. The number of piperidine rings is 1. The highest BCUT2D eigenvalue weighted by Crippen LogP contribution is 2.58. The van der Waals surface area contributed by atoms with Crippen LogP contribution in [0, 0.1) is 5.41 Å². The van der Waals surface area contributed by atoms with Gasteiger partial charge >= 0.3 is 5.97 Å². The number of fused-ring (bicyclic) bond motifs is 2. The highest BCUT2D eigenvalue weighted by Gasteiger charge is 2.61. The molecule has 2 aliphatic rings. The van der Waals surface area contributed by atoms with Crippen molar-refractivity contribution in [1.29, 1.82) is 0 Å². The molecule has 40 heavy (non-hydrogen) atoms. The number of nitrogens with one attached hydrogen (secondary N) is 2. The summed E-state index contributed by atoms with van der Waals surface area (Å²) in [5.41, 5.74) is 0.412. The van der Waals surface area contributed by atoms with Crippen LogP contribution in [0.5, 0.6) is 5.75 Å². The molecule has 10 heteroatoms. The molecule has 3 aromatic rings. The molecule has 1 spiro atoms. The first-order valence-corrected chi connectivity index (χ1v) is 14.2. The van der Waals surface area contributed by atoms with E-state index >= 15 is 0 Å². The summed E-state index contributed by atoms with van der Waals surface area (Å²) < 4.78 is 11.9. The second kappa shape index (κ2) is 10.7. The zero-order valence-corrected chi connectivity index (χ0v) is 25.1. The van der Waals surface area contributed by atoms with Crippen molar-refractivity contribution < 1.29 is 23.9 Å². The maximum Gasteiger partial charge on any atom is 0.314 e. The summed E-state index contributed by atoms with van der Waals surface area (Å²) in [6, 6.07) is 17.1. The van der Waals surface area contributed by atoms with E-state index < -0.39 is 28.8 Å². The van der Waals surface area contributed by atoms with Crippen LogP contribution in [0.25, 0.3) is 0 Å². The maximum atomic E-state index is 14.3. The number of halogens is 3. The zero-order chi connectivity index (χ0) is 28.8. The lowest BCUT2D eigenvalue weighted by Crippen LogP contribution is -2.57. The Balaban J connectivity index is 1.72. The quantitative estimate of drug-likeness (QED) is 0.296. The number of esters is 1. The highest BCUT2D eigenvalue weighted by atomic mass is 79.9. The Hall–Kier alpha value is -3.07. The average Bonchev–Trinajstić information content (AvgIpc) is 3.19. The smallest absolute Gasteiger partial charge is 0.314 e. The lowest BCUT2D eigenvalue weighted by molar-refractivity contribution is -0.152. The third-order valence-electron chi connectivity index (χ3n) is 7.61. The summed E-state index contributed by atoms with van der Waals surface area (Å²) in [6.07, 6.45) is 0.0614. The predicted molar refractivity (Wildman–Crippen MR) is 157 cm³/mol. The number of anilines is 1. The number of carbonyl (C=O) groups is 3. The van der Waals surface area contributed by atoms with Crippen LogP contribution in [-0.4, -0.2) is 31.5 Å². The van der Waals surface area contributed by atoms with E-state index in [1.54, 1.807) is 50.2 Å². The van der Waals surface area contributed by atoms with Crippen molar-refractivity contribution in [1.82, 2.24) is 5.32 Å². The van der Waals surface area contributed by atoms with Gasteiger partial charge in [-0.05, 0) is 67.4 Å². The number of rotatable bonds is 6. The Morgan fingerprint density at radius 2 is 1.82 bits per heavy atom. The van der Waals surface area contributed by atoms with E-state index in [0.29, 0.717) is 32.6 Å². The second-order valence-electron chi connectivity index (χ2n) is 10.7. The SMILES string of the molecule is COC(=O)C(C)(C)COc1ccc(Br)cc1[C@@H]1NC(=O)C[C@H](c2cccc(Cl)c2)[C@@]12C(=O)Nc1cc(Cl)ccc12. The van der Waals surface area contributed by atoms with Crippen molar-refractivity contribution in [3.8, 4) is 5.75 Å². The Bertz CT molecular complexity index is 1530.